The van der Waals surface area contributed by atoms with Gasteiger partial charge in [-0.15, -0.1) is 0 Å². The van der Waals surface area contributed by atoms with E-state index in [0.29, 0.717) is 5.92 Å². The van der Waals surface area contributed by atoms with Crippen LogP contribution in [0.15, 0.2) is 0 Å². The van der Waals surface area contributed by atoms with Crippen molar-refractivity contribution in [3.8, 4) is 0 Å². The zero-order chi connectivity index (χ0) is 16.2. The second-order valence-electron chi connectivity index (χ2n) is 6.74. The molecule has 2 N–H and O–H groups in total. The van der Waals surface area contributed by atoms with Crippen LogP contribution in [0.2, 0.25) is 0 Å². The van der Waals surface area contributed by atoms with E-state index in [-0.39, 0.29) is 30.2 Å². The summed E-state index contributed by atoms with van der Waals surface area (Å²) in [5.74, 6) is 0.362. The lowest BCUT2D eigenvalue weighted by atomic mass is 9.58. The number of rotatable bonds is 6. The Morgan fingerprint density at radius 1 is 1.27 bits per heavy atom. The van der Waals surface area contributed by atoms with E-state index in [0.717, 1.165) is 51.8 Å². The molecule has 2 fully saturated rings. The minimum absolute atomic E-state index is 0.0580. The molecule has 0 aromatic rings. The maximum atomic E-state index is 12.5. The fraction of sp³-hybridized carbons (Fsp3) is 0.941. The second-order valence-corrected chi connectivity index (χ2v) is 6.74. The number of aliphatic hydroxyl groups excluding tert-OH is 1. The van der Waals surface area contributed by atoms with Crippen molar-refractivity contribution < 1.29 is 14.6 Å². The van der Waals surface area contributed by atoms with Crippen molar-refractivity contribution in [1.82, 2.24) is 10.2 Å². The Morgan fingerprint density at radius 3 is 2.41 bits per heavy atom. The van der Waals surface area contributed by atoms with Crippen LogP contribution < -0.4 is 5.32 Å². The van der Waals surface area contributed by atoms with Gasteiger partial charge in [0.15, 0.2) is 0 Å². The van der Waals surface area contributed by atoms with Gasteiger partial charge in [-0.05, 0) is 44.9 Å². The molecule has 2 atom stereocenters. The van der Waals surface area contributed by atoms with Crippen molar-refractivity contribution in [2.45, 2.75) is 65.0 Å². The molecule has 2 rings (SSSR count). The third-order valence-corrected chi connectivity index (χ3v) is 5.93. The zero-order valence-corrected chi connectivity index (χ0v) is 14.3. The van der Waals surface area contributed by atoms with Crippen molar-refractivity contribution in [3.05, 3.63) is 0 Å². The SMILES string of the molecule is CCOC1CC(NC(=O)N2CCC(CO)CC2)C1(CC)CC. The first-order valence-corrected chi connectivity index (χ1v) is 8.89. The molecule has 128 valence electrons. The van der Waals surface area contributed by atoms with Gasteiger partial charge in [-0.3, -0.25) is 0 Å². The van der Waals surface area contributed by atoms with E-state index in [2.05, 4.69) is 19.2 Å². The number of piperidine rings is 1. The highest BCUT2D eigenvalue weighted by molar-refractivity contribution is 5.75. The van der Waals surface area contributed by atoms with Crippen molar-refractivity contribution in [2.75, 3.05) is 26.3 Å². The topological polar surface area (TPSA) is 61.8 Å². The Balaban J connectivity index is 1.89. The molecule has 0 spiro atoms. The number of aliphatic hydroxyl groups is 1. The van der Waals surface area contributed by atoms with Gasteiger partial charge in [-0.1, -0.05) is 13.8 Å². The van der Waals surface area contributed by atoms with Crippen LogP contribution >= 0.6 is 0 Å². The highest BCUT2D eigenvalue weighted by atomic mass is 16.5. The highest BCUT2D eigenvalue weighted by Gasteiger charge is 2.54. The molecule has 1 saturated carbocycles. The van der Waals surface area contributed by atoms with Gasteiger partial charge in [0.25, 0.3) is 0 Å². The summed E-state index contributed by atoms with van der Waals surface area (Å²) in [6, 6.07) is 0.282. The van der Waals surface area contributed by atoms with E-state index in [1.165, 1.54) is 0 Å². The Bertz CT molecular complexity index is 363. The molecule has 1 aliphatic carbocycles. The first-order valence-electron chi connectivity index (χ1n) is 8.89. The lowest BCUT2D eigenvalue weighted by Gasteiger charge is -2.55. The lowest BCUT2D eigenvalue weighted by Crippen LogP contribution is -2.66. The molecule has 0 aromatic carbocycles. The molecule has 2 amide bonds. The predicted octanol–water partition coefficient (Wildman–Crippen LogP) is 2.38. The Hall–Kier alpha value is -0.810. The number of ether oxygens (including phenoxy) is 1. The first kappa shape index (κ1) is 17.5. The number of hydrogen-bond acceptors (Lipinski definition) is 3. The van der Waals surface area contributed by atoms with Gasteiger partial charge in [0, 0.05) is 37.8 Å². The minimum Gasteiger partial charge on any atom is -0.396 e. The molecule has 0 radical (unpaired) electrons. The summed E-state index contributed by atoms with van der Waals surface area (Å²) < 4.78 is 5.87. The summed E-state index contributed by atoms with van der Waals surface area (Å²) in [6.45, 7) is 8.91. The van der Waals surface area contributed by atoms with Crippen LogP contribution in [0.25, 0.3) is 0 Å². The van der Waals surface area contributed by atoms with Crippen LogP contribution in [0.3, 0.4) is 0 Å². The summed E-state index contributed by atoms with van der Waals surface area (Å²) >= 11 is 0. The second kappa shape index (κ2) is 7.64. The van der Waals surface area contributed by atoms with Crippen LogP contribution in [0.4, 0.5) is 4.79 Å². The van der Waals surface area contributed by atoms with Gasteiger partial charge >= 0.3 is 6.03 Å². The Morgan fingerprint density at radius 2 is 1.91 bits per heavy atom. The Kier molecular flexibility index (Phi) is 6.09. The summed E-state index contributed by atoms with van der Waals surface area (Å²) in [6.07, 6.45) is 5.08. The van der Waals surface area contributed by atoms with Gasteiger partial charge in [0.1, 0.15) is 0 Å². The maximum Gasteiger partial charge on any atom is 0.317 e. The number of likely N-dealkylation sites (tertiary alicyclic amines) is 1. The van der Waals surface area contributed by atoms with Crippen molar-refractivity contribution >= 4 is 6.03 Å². The third-order valence-electron chi connectivity index (χ3n) is 5.93. The molecule has 1 saturated heterocycles. The third kappa shape index (κ3) is 3.25. The van der Waals surface area contributed by atoms with Crippen LogP contribution in [0.1, 0.15) is 52.9 Å². The molecule has 1 heterocycles. The predicted molar refractivity (Wildman–Crippen MR) is 86.7 cm³/mol. The standard InChI is InChI=1S/C17H32N2O3/c1-4-17(5-2)14(11-15(17)22-6-3)18-16(21)19-9-7-13(12-20)8-10-19/h13-15,20H,4-12H2,1-3H3,(H,18,21). The molecule has 5 nitrogen and oxygen atoms in total. The molecule has 22 heavy (non-hydrogen) atoms. The molecular formula is C17H32N2O3. The molecular weight excluding hydrogens is 280 g/mol. The summed E-state index contributed by atoms with van der Waals surface area (Å²) in [5.41, 5.74) is 0.0924. The average molecular weight is 312 g/mol. The number of nitrogens with one attached hydrogen (secondary N) is 1. The fourth-order valence-corrected chi connectivity index (χ4v) is 4.14. The maximum absolute atomic E-state index is 12.5. The van der Waals surface area contributed by atoms with Crippen LogP contribution in [-0.2, 0) is 4.74 Å². The normalized spacial score (nSPS) is 28.3. The number of urea groups is 1. The number of nitrogens with zero attached hydrogens (tertiary/aromatic N) is 1. The van der Waals surface area contributed by atoms with Crippen molar-refractivity contribution in [1.29, 1.82) is 0 Å². The van der Waals surface area contributed by atoms with Gasteiger partial charge in [-0.2, -0.15) is 0 Å². The van der Waals surface area contributed by atoms with Gasteiger partial charge in [-0.25, -0.2) is 4.79 Å². The van der Waals surface area contributed by atoms with Crippen molar-refractivity contribution in [2.24, 2.45) is 11.3 Å². The van der Waals surface area contributed by atoms with Crippen molar-refractivity contribution in [3.63, 3.8) is 0 Å². The summed E-state index contributed by atoms with van der Waals surface area (Å²) in [7, 11) is 0. The van der Waals surface area contributed by atoms with E-state index >= 15 is 0 Å². The highest BCUT2D eigenvalue weighted by Crippen LogP contribution is 2.48. The number of amides is 2. The van der Waals surface area contributed by atoms with Crippen LogP contribution in [0.5, 0.6) is 0 Å². The average Bonchev–Trinajstić information content (AvgIpc) is 2.55. The van der Waals surface area contributed by atoms with Gasteiger partial charge in [0.2, 0.25) is 0 Å². The number of carbonyl (C=O) groups excluding carboxylic acids is 1. The van der Waals surface area contributed by atoms with Gasteiger partial charge in [0.05, 0.1) is 6.10 Å². The number of carbonyl (C=O) groups is 1. The van der Waals surface area contributed by atoms with E-state index in [1.807, 2.05) is 11.8 Å². The lowest BCUT2D eigenvalue weighted by molar-refractivity contribution is -0.135. The summed E-state index contributed by atoms with van der Waals surface area (Å²) in [5, 5.41) is 12.4. The first-order chi connectivity index (χ1) is 10.6. The molecule has 5 heteroatoms. The molecule has 2 aliphatic rings. The Labute approximate surface area is 134 Å². The van der Waals surface area contributed by atoms with Crippen LogP contribution in [0, 0.1) is 11.3 Å². The van der Waals surface area contributed by atoms with E-state index in [9.17, 15) is 9.90 Å². The summed E-state index contributed by atoms with van der Waals surface area (Å²) in [4.78, 5) is 14.4. The number of hydrogen-bond donors (Lipinski definition) is 2. The zero-order valence-electron chi connectivity index (χ0n) is 14.3. The van der Waals surface area contributed by atoms with Gasteiger partial charge < -0.3 is 20.1 Å². The smallest absolute Gasteiger partial charge is 0.317 e. The monoisotopic (exact) mass is 312 g/mol. The quantitative estimate of drug-likeness (QED) is 0.791. The molecule has 0 bridgehead atoms. The van der Waals surface area contributed by atoms with E-state index in [1.54, 1.807) is 0 Å². The molecule has 2 unspecified atom stereocenters. The minimum atomic E-state index is 0.0580. The largest absolute Gasteiger partial charge is 0.396 e. The fourth-order valence-electron chi connectivity index (χ4n) is 4.14. The van der Waals surface area contributed by atoms with Crippen LogP contribution in [-0.4, -0.2) is 54.5 Å². The molecule has 1 aliphatic heterocycles. The van der Waals surface area contributed by atoms with E-state index in [4.69, 9.17) is 4.74 Å². The molecule has 0 aromatic heterocycles. The van der Waals surface area contributed by atoms with E-state index < -0.39 is 0 Å².